The number of amides is 1. The number of carbonyl (C=O) groups excluding carboxylic acids is 1. The molecule has 3 rings (SSSR count). The lowest BCUT2D eigenvalue weighted by molar-refractivity contribution is 0.0838. The van der Waals surface area contributed by atoms with E-state index < -0.39 is 5.54 Å². The molecule has 0 bridgehead atoms. The summed E-state index contributed by atoms with van der Waals surface area (Å²) >= 11 is 0. The van der Waals surface area contributed by atoms with Gasteiger partial charge in [-0.1, -0.05) is 25.0 Å². The number of rotatable bonds is 5. The molecule has 1 aromatic heterocycles. The van der Waals surface area contributed by atoms with Gasteiger partial charge in [-0.15, -0.1) is 0 Å². The summed E-state index contributed by atoms with van der Waals surface area (Å²) in [5, 5.41) is 17.2. The molecule has 2 aromatic rings. The monoisotopic (exact) mass is 327 g/mol. The van der Waals surface area contributed by atoms with Gasteiger partial charge in [0.05, 0.1) is 24.4 Å². The van der Waals surface area contributed by atoms with Crippen molar-refractivity contribution >= 4 is 5.91 Å². The summed E-state index contributed by atoms with van der Waals surface area (Å²) in [5.74, 6) is -0.110. The number of aromatic nitrogens is 2. The van der Waals surface area contributed by atoms with E-state index in [2.05, 4.69) is 10.4 Å². The van der Waals surface area contributed by atoms with E-state index in [9.17, 15) is 9.90 Å². The number of nitrogens with zero attached hydrogens (tertiary/aromatic N) is 2. The molecule has 0 atom stereocenters. The van der Waals surface area contributed by atoms with Crippen LogP contribution in [0.3, 0.4) is 0 Å². The second-order valence-electron chi connectivity index (χ2n) is 6.88. The molecule has 1 fully saturated rings. The lowest BCUT2D eigenvalue weighted by Crippen LogP contribution is -2.49. The Kier molecular flexibility index (Phi) is 4.71. The van der Waals surface area contributed by atoms with Crippen molar-refractivity contribution in [1.29, 1.82) is 0 Å². The van der Waals surface area contributed by atoms with Crippen LogP contribution in [0.5, 0.6) is 0 Å². The molecule has 0 saturated heterocycles. The van der Waals surface area contributed by atoms with Crippen molar-refractivity contribution < 1.29 is 9.90 Å². The van der Waals surface area contributed by atoms with Crippen LogP contribution < -0.4 is 5.32 Å². The van der Waals surface area contributed by atoms with E-state index in [0.29, 0.717) is 12.1 Å². The summed E-state index contributed by atoms with van der Waals surface area (Å²) in [4.78, 5) is 12.6. The second kappa shape index (κ2) is 6.77. The normalized spacial score (nSPS) is 16.3. The molecule has 1 aliphatic carbocycles. The average molecular weight is 327 g/mol. The van der Waals surface area contributed by atoms with Gasteiger partial charge in [-0.2, -0.15) is 5.10 Å². The van der Waals surface area contributed by atoms with E-state index in [0.717, 1.165) is 42.6 Å². The Morgan fingerprint density at radius 3 is 2.67 bits per heavy atom. The van der Waals surface area contributed by atoms with E-state index in [4.69, 9.17) is 0 Å². The number of nitrogens with one attached hydrogen (secondary N) is 1. The molecule has 0 unspecified atom stereocenters. The zero-order valence-electron chi connectivity index (χ0n) is 14.4. The fourth-order valence-corrected chi connectivity index (χ4v) is 3.51. The Balaban J connectivity index is 1.75. The highest BCUT2D eigenvalue weighted by molar-refractivity contribution is 5.94. The van der Waals surface area contributed by atoms with E-state index >= 15 is 0 Å². The van der Waals surface area contributed by atoms with Crippen molar-refractivity contribution in [2.24, 2.45) is 0 Å². The SMILES string of the molecule is Cc1cc(C)n(Cc2cccc(C(=O)NC3(CO)CCCC3)c2)n1. The van der Waals surface area contributed by atoms with Crippen molar-refractivity contribution in [3.8, 4) is 0 Å². The summed E-state index contributed by atoms with van der Waals surface area (Å²) in [7, 11) is 0. The molecule has 24 heavy (non-hydrogen) atoms. The Morgan fingerprint density at radius 2 is 2.04 bits per heavy atom. The third-order valence-electron chi connectivity index (χ3n) is 4.87. The fourth-order valence-electron chi connectivity index (χ4n) is 3.51. The van der Waals surface area contributed by atoms with Gasteiger partial charge in [0.25, 0.3) is 5.91 Å². The summed E-state index contributed by atoms with van der Waals surface area (Å²) in [6, 6.07) is 9.67. The quantitative estimate of drug-likeness (QED) is 0.887. The van der Waals surface area contributed by atoms with Gasteiger partial charge in [0.2, 0.25) is 0 Å². The van der Waals surface area contributed by atoms with Crippen LogP contribution in [0.1, 0.15) is 53.0 Å². The smallest absolute Gasteiger partial charge is 0.251 e. The minimum Gasteiger partial charge on any atom is -0.394 e. The van der Waals surface area contributed by atoms with E-state index in [1.807, 2.05) is 48.9 Å². The van der Waals surface area contributed by atoms with Crippen molar-refractivity contribution in [1.82, 2.24) is 15.1 Å². The summed E-state index contributed by atoms with van der Waals surface area (Å²) in [5.41, 5.74) is 3.33. The van der Waals surface area contributed by atoms with Crippen molar-refractivity contribution in [3.63, 3.8) is 0 Å². The van der Waals surface area contributed by atoms with Crippen molar-refractivity contribution in [2.75, 3.05) is 6.61 Å². The maximum Gasteiger partial charge on any atom is 0.251 e. The number of aliphatic hydroxyl groups is 1. The standard InChI is InChI=1S/C19H25N3O2/c1-14-10-15(2)22(21-14)12-16-6-5-7-17(11-16)18(24)20-19(13-23)8-3-4-9-19/h5-7,10-11,23H,3-4,8-9,12-13H2,1-2H3,(H,20,24). The third-order valence-corrected chi connectivity index (χ3v) is 4.87. The maximum atomic E-state index is 12.6. The highest BCUT2D eigenvalue weighted by Gasteiger charge is 2.34. The molecular weight excluding hydrogens is 302 g/mol. The largest absolute Gasteiger partial charge is 0.394 e. The Bertz CT molecular complexity index is 730. The van der Waals surface area contributed by atoms with Gasteiger partial charge in [-0.3, -0.25) is 9.48 Å². The lowest BCUT2D eigenvalue weighted by atomic mass is 9.98. The first-order chi connectivity index (χ1) is 11.5. The molecule has 5 nitrogen and oxygen atoms in total. The van der Waals surface area contributed by atoms with Gasteiger partial charge in [0, 0.05) is 11.3 Å². The summed E-state index contributed by atoms with van der Waals surface area (Å²) in [6.45, 7) is 4.65. The van der Waals surface area contributed by atoms with Gasteiger partial charge in [0.15, 0.2) is 0 Å². The van der Waals surface area contributed by atoms with E-state index in [1.165, 1.54) is 0 Å². The van der Waals surface area contributed by atoms with Gasteiger partial charge in [-0.05, 0) is 50.5 Å². The highest BCUT2D eigenvalue weighted by atomic mass is 16.3. The average Bonchev–Trinajstić information content (AvgIpc) is 3.15. The van der Waals surface area contributed by atoms with Crippen LogP contribution in [-0.4, -0.2) is 32.9 Å². The number of hydrogen-bond acceptors (Lipinski definition) is 3. The van der Waals surface area contributed by atoms with E-state index in [1.54, 1.807) is 0 Å². The lowest BCUT2D eigenvalue weighted by Gasteiger charge is -2.28. The number of carbonyl (C=O) groups is 1. The minimum absolute atomic E-state index is 0.00416. The van der Waals surface area contributed by atoms with Crippen LogP contribution in [0, 0.1) is 13.8 Å². The van der Waals surface area contributed by atoms with Crippen LogP contribution in [0.2, 0.25) is 0 Å². The predicted molar refractivity (Wildman–Crippen MR) is 93.0 cm³/mol. The molecular formula is C19H25N3O2. The van der Waals surface area contributed by atoms with Crippen molar-refractivity contribution in [3.05, 3.63) is 52.8 Å². The van der Waals surface area contributed by atoms with Crippen LogP contribution in [-0.2, 0) is 6.54 Å². The fraction of sp³-hybridized carbons (Fsp3) is 0.474. The molecule has 2 N–H and O–H groups in total. The summed E-state index contributed by atoms with van der Waals surface area (Å²) < 4.78 is 1.94. The van der Waals surface area contributed by atoms with E-state index in [-0.39, 0.29) is 12.5 Å². The van der Waals surface area contributed by atoms with Crippen LogP contribution >= 0.6 is 0 Å². The molecule has 5 heteroatoms. The van der Waals surface area contributed by atoms with Gasteiger partial charge in [0.1, 0.15) is 0 Å². The van der Waals surface area contributed by atoms with Crippen LogP contribution in [0.4, 0.5) is 0 Å². The molecule has 1 aromatic carbocycles. The molecule has 128 valence electrons. The first kappa shape index (κ1) is 16.7. The zero-order chi connectivity index (χ0) is 17.2. The minimum atomic E-state index is -0.442. The predicted octanol–water partition coefficient (Wildman–Crippen LogP) is 2.58. The molecule has 0 radical (unpaired) electrons. The molecule has 1 heterocycles. The number of benzene rings is 1. The second-order valence-corrected chi connectivity index (χ2v) is 6.88. The molecule has 0 spiro atoms. The topological polar surface area (TPSA) is 67.2 Å². The Morgan fingerprint density at radius 1 is 1.29 bits per heavy atom. The molecule has 1 amide bonds. The Labute approximate surface area is 142 Å². The van der Waals surface area contributed by atoms with Crippen LogP contribution in [0.25, 0.3) is 0 Å². The molecule has 0 aliphatic heterocycles. The maximum absolute atomic E-state index is 12.6. The third kappa shape index (κ3) is 3.51. The zero-order valence-corrected chi connectivity index (χ0v) is 14.4. The van der Waals surface area contributed by atoms with Gasteiger partial charge < -0.3 is 10.4 Å². The summed E-state index contributed by atoms with van der Waals surface area (Å²) in [6.07, 6.45) is 3.80. The molecule has 1 saturated carbocycles. The van der Waals surface area contributed by atoms with Crippen molar-refractivity contribution in [2.45, 2.75) is 51.6 Å². The first-order valence-electron chi connectivity index (χ1n) is 8.55. The first-order valence-corrected chi connectivity index (χ1v) is 8.55. The number of hydrogen-bond donors (Lipinski definition) is 2. The number of aliphatic hydroxyl groups excluding tert-OH is 1. The highest BCUT2D eigenvalue weighted by Crippen LogP contribution is 2.29. The van der Waals surface area contributed by atoms with Crippen LogP contribution in [0.15, 0.2) is 30.3 Å². The van der Waals surface area contributed by atoms with Gasteiger partial charge in [-0.25, -0.2) is 0 Å². The Hall–Kier alpha value is -2.14. The molecule has 1 aliphatic rings. The van der Waals surface area contributed by atoms with Gasteiger partial charge >= 0.3 is 0 Å². The number of aryl methyl sites for hydroxylation is 2.